The van der Waals surface area contributed by atoms with Crippen LogP contribution in [0.4, 0.5) is 0 Å². The molecular weight excluding hydrogens is 362 g/mol. The van der Waals surface area contributed by atoms with Crippen LogP contribution >= 0.6 is 22.7 Å². The second-order valence-electron chi connectivity index (χ2n) is 6.44. The summed E-state index contributed by atoms with van der Waals surface area (Å²) in [5.74, 6) is 1.00. The monoisotopic (exact) mass is 382 g/mol. The maximum absolute atomic E-state index is 9.71. The van der Waals surface area contributed by atoms with Crippen LogP contribution in [0, 0.1) is 11.3 Å². The quantitative estimate of drug-likeness (QED) is 0.858. The molecule has 3 N–H and O–H groups in total. The van der Waals surface area contributed by atoms with Crippen molar-refractivity contribution in [2.75, 3.05) is 19.6 Å². The van der Waals surface area contributed by atoms with E-state index in [-0.39, 0.29) is 11.8 Å². The Bertz CT molecular complexity index is 930. The number of quaternary nitrogens is 1. The zero-order valence-electron chi connectivity index (χ0n) is 14.5. The summed E-state index contributed by atoms with van der Waals surface area (Å²) in [4.78, 5) is 3.82. The minimum atomic E-state index is -0.0997. The lowest BCUT2D eigenvalue weighted by Crippen LogP contribution is -3.12. The van der Waals surface area contributed by atoms with Gasteiger partial charge in [-0.05, 0) is 35.9 Å². The van der Waals surface area contributed by atoms with Crippen molar-refractivity contribution in [3.8, 4) is 6.07 Å². The van der Waals surface area contributed by atoms with E-state index in [9.17, 15) is 5.26 Å². The smallest absolute Gasteiger partial charge is 0.205 e. The SMILES string of the molecule is CC[NH+]1CC2=C(OC(N)=C(C#N)[C@H]2c2cccs2)/C(=C\c2cccs2)C1. The van der Waals surface area contributed by atoms with Crippen LogP contribution in [-0.2, 0) is 4.74 Å². The van der Waals surface area contributed by atoms with Crippen molar-refractivity contribution >= 4 is 28.7 Å². The molecule has 2 atom stereocenters. The third-order valence-corrected chi connectivity index (χ3v) is 6.64. The first-order valence-electron chi connectivity index (χ1n) is 8.63. The first-order valence-corrected chi connectivity index (χ1v) is 10.4. The van der Waals surface area contributed by atoms with Crippen LogP contribution in [0.1, 0.15) is 22.6 Å². The lowest BCUT2D eigenvalue weighted by Gasteiger charge is -2.35. The largest absolute Gasteiger partial charge is 0.440 e. The minimum absolute atomic E-state index is 0.0997. The Morgan fingerprint density at radius 2 is 2.12 bits per heavy atom. The fourth-order valence-electron chi connectivity index (χ4n) is 3.61. The average Bonchev–Trinajstić information content (AvgIpc) is 3.34. The molecule has 2 aliphatic heterocycles. The molecule has 26 heavy (non-hydrogen) atoms. The Hall–Kier alpha value is -2.33. The van der Waals surface area contributed by atoms with Gasteiger partial charge in [0.1, 0.15) is 30.5 Å². The Balaban J connectivity index is 1.87. The Labute approximate surface area is 161 Å². The van der Waals surface area contributed by atoms with E-state index in [0.717, 1.165) is 35.8 Å². The maximum atomic E-state index is 9.71. The van der Waals surface area contributed by atoms with Gasteiger partial charge in [0.15, 0.2) is 0 Å². The maximum Gasteiger partial charge on any atom is 0.205 e. The molecule has 2 aromatic heterocycles. The summed E-state index contributed by atoms with van der Waals surface area (Å²) in [6, 6.07) is 10.6. The molecule has 0 spiro atoms. The molecule has 2 aromatic rings. The highest BCUT2D eigenvalue weighted by Gasteiger charge is 2.39. The molecule has 4 heterocycles. The molecule has 132 valence electrons. The number of nitrogens with zero attached hydrogens (tertiary/aromatic N) is 1. The van der Waals surface area contributed by atoms with Gasteiger partial charge >= 0.3 is 0 Å². The summed E-state index contributed by atoms with van der Waals surface area (Å²) in [6.45, 7) is 4.99. The minimum Gasteiger partial charge on any atom is -0.440 e. The highest BCUT2D eigenvalue weighted by Crippen LogP contribution is 2.43. The first kappa shape index (κ1) is 17.1. The van der Waals surface area contributed by atoms with Crippen molar-refractivity contribution in [1.82, 2.24) is 0 Å². The van der Waals surface area contributed by atoms with Gasteiger partial charge in [-0.15, -0.1) is 22.7 Å². The van der Waals surface area contributed by atoms with Crippen molar-refractivity contribution in [3.05, 3.63) is 73.1 Å². The number of rotatable bonds is 3. The average molecular weight is 383 g/mol. The lowest BCUT2D eigenvalue weighted by atomic mass is 9.84. The number of hydrogen-bond donors (Lipinski definition) is 2. The summed E-state index contributed by atoms with van der Waals surface area (Å²) >= 11 is 3.38. The van der Waals surface area contributed by atoms with Crippen molar-refractivity contribution in [1.29, 1.82) is 5.26 Å². The molecule has 4 nitrogen and oxygen atoms in total. The van der Waals surface area contributed by atoms with Crippen LogP contribution in [0.2, 0.25) is 0 Å². The van der Waals surface area contributed by atoms with Gasteiger partial charge in [-0.25, -0.2) is 0 Å². The summed E-state index contributed by atoms with van der Waals surface area (Å²) in [5.41, 5.74) is 9.03. The number of nitriles is 1. The molecule has 2 aliphatic rings. The summed E-state index contributed by atoms with van der Waals surface area (Å²) in [6.07, 6.45) is 2.20. The van der Waals surface area contributed by atoms with Crippen molar-refractivity contribution < 1.29 is 9.64 Å². The Kier molecular flexibility index (Phi) is 4.68. The van der Waals surface area contributed by atoms with Crippen LogP contribution in [0.5, 0.6) is 0 Å². The van der Waals surface area contributed by atoms with Gasteiger partial charge in [0.25, 0.3) is 0 Å². The van der Waals surface area contributed by atoms with Gasteiger partial charge in [0.05, 0.1) is 18.0 Å². The zero-order valence-corrected chi connectivity index (χ0v) is 16.1. The van der Waals surface area contributed by atoms with E-state index in [0.29, 0.717) is 5.57 Å². The predicted octanol–water partition coefficient (Wildman–Crippen LogP) is 2.87. The van der Waals surface area contributed by atoms with E-state index in [1.807, 2.05) is 11.4 Å². The van der Waals surface area contributed by atoms with E-state index < -0.39 is 0 Å². The summed E-state index contributed by atoms with van der Waals surface area (Å²) in [7, 11) is 0. The topological polar surface area (TPSA) is 63.5 Å². The fraction of sp³-hybridized carbons (Fsp3) is 0.250. The lowest BCUT2D eigenvalue weighted by molar-refractivity contribution is -0.890. The van der Waals surface area contributed by atoms with E-state index in [1.54, 1.807) is 22.7 Å². The molecule has 0 saturated carbocycles. The van der Waals surface area contributed by atoms with Gasteiger partial charge < -0.3 is 15.4 Å². The number of ether oxygens (including phenoxy) is 1. The van der Waals surface area contributed by atoms with Crippen molar-refractivity contribution in [3.63, 3.8) is 0 Å². The van der Waals surface area contributed by atoms with Crippen LogP contribution < -0.4 is 10.6 Å². The van der Waals surface area contributed by atoms with E-state index in [2.05, 4.69) is 42.6 Å². The van der Waals surface area contributed by atoms with Gasteiger partial charge in [-0.1, -0.05) is 12.1 Å². The Morgan fingerprint density at radius 1 is 1.31 bits per heavy atom. The third kappa shape index (κ3) is 2.99. The molecule has 0 saturated heterocycles. The first-order chi connectivity index (χ1) is 12.7. The van der Waals surface area contributed by atoms with Crippen LogP contribution in [0.3, 0.4) is 0 Å². The number of nitrogens with one attached hydrogen (secondary N) is 1. The molecule has 0 aromatic carbocycles. The van der Waals surface area contributed by atoms with E-state index in [1.165, 1.54) is 15.4 Å². The van der Waals surface area contributed by atoms with Crippen LogP contribution in [-0.4, -0.2) is 19.6 Å². The molecular formula is C20H20N3OS2+. The number of nitrogens with two attached hydrogens (primary N) is 1. The second kappa shape index (κ2) is 7.12. The molecule has 0 radical (unpaired) electrons. The molecule has 0 fully saturated rings. The normalized spacial score (nSPS) is 24.4. The van der Waals surface area contributed by atoms with Gasteiger partial charge in [-0.3, -0.25) is 0 Å². The number of thiophene rings is 2. The molecule has 1 unspecified atom stereocenters. The van der Waals surface area contributed by atoms with Crippen molar-refractivity contribution in [2.24, 2.45) is 5.73 Å². The van der Waals surface area contributed by atoms with E-state index in [4.69, 9.17) is 10.5 Å². The standard InChI is InChI=1S/C20H19N3OS2/c1-2-23-11-13(9-14-5-3-7-25-14)19-16(12-23)18(17-6-4-8-26-17)15(10-21)20(22)24-19/h3-9,18H,2,11-12,22H2,1H3/p+1/b13-9-/t18-/m1/s1. The Morgan fingerprint density at radius 3 is 2.77 bits per heavy atom. The summed E-state index contributed by atoms with van der Waals surface area (Å²) in [5, 5.41) is 13.8. The van der Waals surface area contributed by atoms with Crippen LogP contribution in [0.15, 0.2) is 63.4 Å². The number of allylic oxidation sites excluding steroid dienone is 1. The van der Waals surface area contributed by atoms with Crippen LogP contribution in [0.25, 0.3) is 6.08 Å². The number of likely N-dealkylation sites (N-methyl/N-ethyl adjacent to an activating group) is 1. The molecule has 6 heteroatoms. The second-order valence-corrected chi connectivity index (χ2v) is 8.40. The third-order valence-electron chi connectivity index (χ3n) is 4.89. The predicted molar refractivity (Wildman–Crippen MR) is 106 cm³/mol. The molecule has 0 amide bonds. The fourth-order valence-corrected chi connectivity index (χ4v) is 5.16. The van der Waals surface area contributed by atoms with Gasteiger partial charge in [0.2, 0.25) is 5.88 Å². The zero-order chi connectivity index (χ0) is 18.1. The molecule has 0 aliphatic carbocycles. The highest BCUT2D eigenvalue weighted by molar-refractivity contribution is 7.10. The molecule has 0 bridgehead atoms. The van der Waals surface area contributed by atoms with Gasteiger partial charge in [0, 0.05) is 15.3 Å². The highest BCUT2D eigenvalue weighted by atomic mass is 32.1. The summed E-state index contributed by atoms with van der Waals surface area (Å²) < 4.78 is 6.02. The van der Waals surface area contributed by atoms with Crippen molar-refractivity contribution in [2.45, 2.75) is 12.8 Å². The number of hydrogen-bond acceptors (Lipinski definition) is 5. The van der Waals surface area contributed by atoms with E-state index >= 15 is 0 Å². The molecule has 4 rings (SSSR count). The van der Waals surface area contributed by atoms with Gasteiger partial charge in [-0.2, -0.15) is 5.26 Å².